The van der Waals surface area contributed by atoms with Crippen LogP contribution in [0.5, 0.6) is 0 Å². The van der Waals surface area contributed by atoms with Crippen LogP contribution in [0.15, 0.2) is 48.8 Å². The number of pyridine rings is 1. The van der Waals surface area contributed by atoms with Crippen molar-refractivity contribution in [2.24, 2.45) is 0 Å². The van der Waals surface area contributed by atoms with Crippen molar-refractivity contribution in [1.29, 1.82) is 0 Å². The number of alkyl halides is 3. The normalized spacial score (nSPS) is 11.6. The number of benzene rings is 1. The maximum absolute atomic E-state index is 13.2. The first-order valence-electron chi connectivity index (χ1n) is 9.04. The molecule has 0 aliphatic carbocycles. The molecule has 0 spiro atoms. The Morgan fingerprint density at radius 3 is 2.57 bits per heavy atom. The summed E-state index contributed by atoms with van der Waals surface area (Å²) < 4.78 is 39.5. The third-order valence-corrected chi connectivity index (χ3v) is 4.40. The van der Waals surface area contributed by atoms with Crippen molar-refractivity contribution in [3.05, 3.63) is 59.4 Å². The van der Waals surface area contributed by atoms with Crippen molar-refractivity contribution in [1.82, 2.24) is 19.9 Å². The third-order valence-electron chi connectivity index (χ3n) is 4.07. The molecule has 6 nitrogen and oxygen atoms in total. The Morgan fingerprint density at radius 2 is 1.90 bits per heavy atom. The molecular formula is C20H20ClF3N6. The lowest BCUT2D eigenvalue weighted by atomic mass is 10.2. The average molecular weight is 437 g/mol. The zero-order valence-electron chi connectivity index (χ0n) is 16.3. The van der Waals surface area contributed by atoms with E-state index in [1.165, 1.54) is 12.1 Å². The Morgan fingerprint density at radius 1 is 1.10 bits per heavy atom. The molecule has 2 N–H and O–H groups in total. The van der Waals surface area contributed by atoms with E-state index in [0.717, 1.165) is 18.2 Å². The van der Waals surface area contributed by atoms with E-state index >= 15 is 0 Å². The highest BCUT2D eigenvalue weighted by Crippen LogP contribution is 2.36. The predicted molar refractivity (Wildman–Crippen MR) is 112 cm³/mol. The summed E-state index contributed by atoms with van der Waals surface area (Å²) in [6, 6.07) is 8.88. The molecule has 0 bridgehead atoms. The number of halogens is 4. The van der Waals surface area contributed by atoms with Crippen LogP contribution in [-0.2, 0) is 6.18 Å². The van der Waals surface area contributed by atoms with Crippen LogP contribution in [0.2, 0.25) is 5.02 Å². The second-order valence-electron chi connectivity index (χ2n) is 6.75. The van der Waals surface area contributed by atoms with E-state index in [-0.39, 0.29) is 10.7 Å². The number of hydrogen-bond acceptors (Lipinski definition) is 6. The van der Waals surface area contributed by atoms with Gasteiger partial charge in [0.25, 0.3) is 0 Å². The predicted octanol–water partition coefficient (Wildman–Crippen LogP) is 4.93. The molecule has 0 radical (unpaired) electrons. The van der Waals surface area contributed by atoms with Gasteiger partial charge in [0.05, 0.1) is 16.3 Å². The van der Waals surface area contributed by atoms with Crippen LogP contribution in [0.1, 0.15) is 5.56 Å². The van der Waals surface area contributed by atoms with Gasteiger partial charge in [0.2, 0.25) is 5.95 Å². The van der Waals surface area contributed by atoms with E-state index in [4.69, 9.17) is 11.6 Å². The van der Waals surface area contributed by atoms with Crippen LogP contribution in [0.4, 0.5) is 30.6 Å². The van der Waals surface area contributed by atoms with Gasteiger partial charge in [0.1, 0.15) is 5.82 Å². The number of nitrogens with one attached hydrogen (secondary N) is 2. The number of rotatable bonds is 7. The quantitative estimate of drug-likeness (QED) is 0.547. The monoisotopic (exact) mass is 436 g/mol. The minimum Gasteiger partial charge on any atom is -0.353 e. The van der Waals surface area contributed by atoms with Crippen molar-refractivity contribution in [3.8, 4) is 11.3 Å². The molecule has 158 valence electrons. The van der Waals surface area contributed by atoms with Gasteiger partial charge in [-0.15, -0.1) is 0 Å². The number of aromatic nitrogens is 3. The first-order chi connectivity index (χ1) is 14.2. The Hall–Kier alpha value is -2.91. The molecule has 3 aromatic rings. The Labute approximate surface area is 177 Å². The maximum Gasteiger partial charge on any atom is 0.417 e. The molecule has 2 heterocycles. The fraction of sp³-hybridized carbons (Fsp3) is 0.250. The van der Waals surface area contributed by atoms with Crippen molar-refractivity contribution in [3.63, 3.8) is 0 Å². The smallest absolute Gasteiger partial charge is 0.353 e. The average Bonchev–Trinajstić information content (AvgIpc) is 2.69. The van der Waals surface area contributed by atoms with Crippen molar-refractivity contribution >= 4 is 29.1 Å². The van der Waals surface area contributed by atoms with Gasteiger partial charge in [-0.2, -0.15) is 18.2 Å². The first kappa shape index (κ1) is 21.8. The van der Waals surface area contributed by atoms with Gasteiger partial charge in [-0.25, -0.2) is 4.98 Å². The number of nitrogens with zero attached hydrogens (tertiary/aromatic N) is 4. The van der Waals surface area contributed by atoms with E-state index in [0.29, 0.717) is 24.0 Å². The minimum atomic E-state index is -4.56. The van der Waals surface area contributed by atoms with Gasteiger partial charge >= 0.3 is 6.18 Å². The van der Waals surface area contributed by atoms with Gasteiger partial charge in [-0.05, 0) is 44.4 Å². The summed E-state index contributed by atoms with van der Waals surface area (Å²) in [5.41, 5.74) is 0.630. The Bertz CT molecular complexity index is 996. The van der Waals surface area contributed by atoms with Crippen molar-refractivity contribution < 1.29 is 13.2 Å². The van der Waals surface area contributed by atoms with Gasteiger partial charge in [-0.1, -0.05) is 11.6 Å². The second-order valence-corrected chi connectivity index (χ2v) is 7.16. The molecule has 0 amide bonds. The molecule has 0 saturated carbocycles. The van der Waals surface area contributed by atoms with Crippen LogP contribution >= 0.6 is 11.6 Å². The van der Waals surface area contributed by atoms with Crippen LogP contribution in [-0.4, -0.2) is 47.0 Å². The van der Waals surface area contributed by atoms with Gasteiger partial charge in [0.15, 0.2) is 0 Å². The molecule has 0 fully saturated rings. The summed E-state index contributed by atoms with van der Waals surface area (Å²) >= 11 is 5.70. The maximum atomic E-state index is 13.2. The molecule has 0 aliphatic heterocycles. The number of hydrogen-bond donors (Lipinski definition) is 2. The summed E-state index contributed by atoms with van der Waals surface area (Å²) in [6.07, 6.45) is -1.26. The lowest BCUT2D eigenvalue weighted by molar-refractivity contribution is -0.137. The zero-order valence-corrected chi connectivity index (χ0v) is 17.1. The van der Waals surface area contributed by atoms with E-state index in [1.54, 1.807) is 24.5 Å². The fourth-order valence-corrected chi connectivity index (χ4v) is 2.84. The summed E-state index contributed by atoms with van der Waals surface area (Å²) in [6.45, 7) is 1.36. The van der Waals surface area contributed by atoms with Crippen LogP contribution < -0.4 is 10.6 Å². The first-order valence-corrected chi connectivity index (χ1v) is 9.42. The summed E-state index contributed by atoms with van der Waals surface area (Å²) in [4.78, 5) is 15.0. The molecule has 30 heavy (non-hydrogen) atoms. The van der Waals surface area contributed by atoms with Gasteiger partial charge in [-0.3, -0.25) is 4.98 Å². The highest BCUT2D eigenvalue weighted by atomic mass is 35.5. The zero-order chi connectivity index (χ0) is 21.7. The molecule has 0 unspecified atom stereocenters. The molecule has 3 rings (SSSR count). The van der Waals surface area contributed by atoms with Crippen molar-refractivity contribution in [2.75, 3.05) is 37.8 Å². The summed E-state index contributed by atoms with van der Waals surface area (Å²) in [5, 5.41) is 5.68. The molecule has 0 saturated heterocycles. The Kier molecular flexibility index (Phi) is 6.73. The molecule has 10 heteroatoms. The molecule has 0 atom stereocenters. The van der Waals surface area contributed by atoms with E-state index in [2.05, 4.69) is 25.6 Å². The van der Waals surface area contributed by atoms with E-state index in [9.17, 15) is 13.2 Å². The van der Waals surface area contributed by atoms with E-state index < -0.39 is 11.7 Å². The number of likely N-dealkylation sites (N-methyl/N-ethyl adjacent to an activating group) is 1. The lowest BCUT2D eigenvalue weighted by Gasteiger charge is -2.14. The fourth-order valence-electron chi connectivity index (χ4n) is 2.61. The highest BCUT2D eigenvalue weighted by Gasteiger charge is 2.33. The summed E-state index contributed by atoms with van der Waals surface area (Å²) in [5.74, 6) is 0.692. The lowest BCUT2D eigenvalue weighted by Crippen LogP contribution is -2.21. The highest BCUT2D eigenvalue weighted by molar-refractivity contribution is 6.31. The largest absolute Gasteiger partial charge is 0.417 e. The van der Waals surface area contributed by atoms with Gasteiger partial charge in [0, 0.05) is 42.8 Å². The third kappa shape index (κ3) is 5.80. The summed E-state index contributed by atoms with van der Waals surface area (Å²) in [7, 11) is 3.89. The standard InChI is InChI=1S/C20H20ClF3N6/c1-30(2)9-8-26-19-28-17(13-4-3-7-25-12-13)11-18(29-19)27-14-5-6-16(21)15(10-14)20(22,23)24/h3-7,10-12H,8-9H2,1-2H3,(H2,26,27,28,29). The minimum absolute atomic E-state index is 0.210. The van der Waals surface area contributed by atoms with Crippen LogP contribution in [0.3, 0.4) is 0 Å². The SMILES string of the molecule is CN(C)CCNc1nc(Nc2ccc(Cl)c(C(F)(F)F)c2)cc(-c2cccnc2)n1. The van der Waals surface area contributed by atoms with E-state index in [1.807, 2.05) is 25.1 Å². The van der Waals surface area contributed by atoms with Crippen molar-refractivity contribution in [2.45, 2.75) is 6.18 Å². The number of anilines is 3. The molecular weight excluding hydrogens is 417 g/mol. The van der Waals surface area contributed by atoms with Crippen LogP contribution in [0, 0.1) is 0 Å². The molecule has 0 aliphatic rings. The molecule has 2 aromatic heterocycles. The molecule has 1 aromatic carbocycles. The second kappa shape index (κ2) is 9.27. The topological polar surface area (TPSA) is 66.0 Å². The Balaban J connectivity index is 1.93. The van der Waals surface area contributed by atoms with Gasteiger partial charge < -0.3 is 15.5 Å². The van der Waals surface area contributed by atoms with Crippen LogP contribution in [0.25, 0.3) is 11.3 Å².